The van der Waals surface area contributed by atoms with Crippen LogP contribution < -0.4 is 5.73 Å². The van der Waals surface area contributed by atoms with Gasteiger partial charge in [-0.3, -0.25) is 15.1 Å². The van der Waals surface area contributed by atoms with Gasteiger partial charge in [-0.1, -0.05) is 13.8 Å². The number of nitrogens with zero attached hydrogens (tertiary/aromatic N) is 2. The Kier molecular flexibility index (Phi) is 4.10. The molecule has 0 amide bonds. The Bertz CT molecular complexity index is 267. The highest BCUT2D eigenvalue weighted by atomic mass is 16.6. The van der Waals surface area contributed by atoms with E-state index in [-0.39, 0.29) is 17.3 Å². The minimum atomic E-state index is -0.488. The Morgan fingerprint density at radius 1 is 1.54 bits per heavy atom. The van der Waals surface area contributed by atoms with Gasteiger partial charge < -0.3 is 5.73 Å². The van der Waals surface area contributed by atoms with Crippen molar-refractivity contribution in [2.45, 2.75) is 20.8 Å². The molecule has 0 radical (unpaired) electrons. The summed E-state index contributed by atoms with van der Waals surface area (Å²) in [6, 6.07) is 0. The summed E-state index contributed by atoms with van der Waals surface area (Å²) >= 11 is 0. The molecule has 0 spiro atoms. The van der Waals surface area contributed by atoms with Crippen LogP contribution in [0.1, 0.15) is 20.8 Å². The molecule has 0 saturated heterocycles. The van der Waals surface area contributed by atoms with Crippen molar-refractivity contribution < 1.29 is 4.92 Å². The molecule has 0 bridgehead atoms. The molecule has 0 fully saturated rings. The fourth-order valence-corrected chi connectivity index (χ4v) is 0.826. The van der Waals surface area contributed by atoms with Crippen LogP contribution in [0.15, 0.2) is 16.4 Å². The maximum absolute atomic E-state index is 10.6. The lowest BCUT2D eigenvalue weighted by atomic mass is 10.1. The Morgan fingerprint density at radius 2 is 2.00 bits per heavy atom. The normalized spacial score (nSPS) is 14.4. The van der Waals surface area contributed by atoms with Crippen molar-refractivity contribution in [3.63, 3.8) is 0 Å². The number of hydrogen-bond acceptors (Lipinski definition) is 4. The first-order valence-electron chi connectivity index (χ1n) is 3.99. The van der Waals surface area contributed by atoms with E-state index in [1.807, 2.05) is 13.8 Å². The van der Waals surface area contributed by atoms with Gasteiger partial charge >= 0.3 is 5.70 Å². The van der Waals surface area contributed by atoms with Crippen LogP contribution in [-0.2, 0) is 0 Å². The van der Waals surface area contributed by atoms with Crippen molar-refractivity contribution in [2.75, 3.05) is 7.05 Å². The second kappa shape index (κ2) is 4.59. The number of hydrogen-bond donors (Lipinski definition) is 1. The molecule has 13 heavy (non-hydrogen) atoms. The number of nitro groups is 1. The number of allylic oxidation sites excluding steroid dienone is 2. The van der Waals surface area contributed by atoms with E-state index in [1.54, 1.807) is 6.92 Å². The second-order valence-corrected chi connectivity index (χ2v) is 3.02. The van der Waals surface area contributed by atoms with E-state index < -0.39 is 4.92 Å². The van der Waals surface area contributed by atoms with E-state index in [1.165, 1.54) is 7.05 Å². The quantitative estimate of drug-likeness (QED) is 0.407. The van der Waals surface area contributed by atoms with Gasteiger partial charge in [-0.05, 0) is 12.8 Å². The Balaban J connectivity index is 5.25. The molecule has 0 atom stereocenters. The SMILES string of the molecule is CN=C(C)C(=C(N)C(C)C)[N+](=O)[O-]. The molecule has 0 heterocycles. The maximum atomic E-state index is 10.6. The van der Waals surface area contributed by atoms with Crippen LogP contribution in [0.4, 0.5) is 0 Å². The molecule has 0 unspecified atom stereocenters. The zero-order chi connectivity index (χ0) is 10.6. The molecule has 0 aromatic rings. The molecule has 2 N–H and O–H groups in total. The summed E-state index contributed by atoms with van der Waals surface area (Å²) in [5, 5.41) is 10.6. The first-order valence-corrected chi connectivity index (χ1v) is 3.99. The van der Waals surface area contributed by atoms with E-state index in [0.717, 1.165) is 0 Å². The third-order valence-corrected chi connectivity index (χ3v) is 1.76. The highest BCUT2D eigenvalue weighted by molar-refractivity contribution is 5.96. The first kappa shape index (κ1) is 11.6. The van der Waals surface area contributed by atoms with Gasteiger partial charge in [0.2, 0.25) is 0 Å². The van der Waals surface area contributed by atoms with Gasteiger partial charge in [-0.2, -0.15) is 0 Å². The standard InChI is InChI=1S/C8H15N3O2/c1-5(2)7(9)8(11(12)13)6(3)10-4/h5H,9H2,1-4H3. The lowest BCUT2D eigenvalue weighted by Gasteiger charge is -2.06. The van der Waals surface area contributed by atoms with Gasteiger partial charge in [-0.15, -0.1) is 0 Å². The zero-order valence-corrected chi connectivity index (χ0v) is 8.37. The van der Waals surface area contributed by atoms with Crippen LogP contribution >= 0.6 is 0 Å². The molecule has 5 heteroatoms. The lowest BCUT2D eigenvalue weighted by Crippen LogP contribution is -2.19. The van der Waals surface area contributed by atoms with Crippen LogP contribution in [0.2, 0.25) is 0 Å². The van der Waals surface area contributed by atoms with E-state index in [2.05, 4.69) is 4.99 Å². The van der Waals surface area contributed by atoms with Crippen molar-refractivity contribution in [1.82, 2.24) is 0 Å². The summed E-state index contributed by atoms with van der Waals surface area (Å²) in [5.74, 6) is -0.0444. The summed E-state index contributed by atoms with van der Waals surface area (Å²) in [5.41, 5.74) is 6.15. The van der Waals surface area contributed by atoms with Gasteiger partial charge in [0.25, 0.3) is 0 Å². The van der Waals surface area contributed by atoms with Crippen LogP contribution in [-0.4, -0.2) is 17.7 Å². The van der Waals surface area contributed by atoms with Crippen LogP contribution in [0.5, 0.6) is 0 Å². The van der Waals surface area contributed by atoms with Gasteiger partial charge in [0.15, 0.2) is 0 Å². The summed E-state index contributed by atoms with van der Waals surface area (Å²) < 4.78 is 0. The summed E-state index contributed by atoms with van der Waals surface area (Å²) in [6.07, 6.45) is 0. The highest BCUT2D eigenvalue weighted by Crippen LogP contribution is 2.11. The van der Waals surface area contributed by atoms with Crippen molar-refractivity contribution in [3.8, 4) is 0 Å². The summed E-state index contributed by atoms with van der Waals surface area (Å²) in [6.45, 7) is 5.19. The lowest BCUT2D eigenvalue weighted by molar-refractivity contribution is -0.416. The Labute approximate surface area is 77.5 Å². The molecular formula is C8H15N3O2. The van der Waals surface area contributed by atoms with E-state index >= 15 is 0 Å². The fraction of sp³-hybridized carbons (Fsp3) is 0.625. The number of aliphatic imine (C=N–C) groups is 1. The third kappa shape index (κ3) is 2.85. The average molecular weight is 185 g/mol. The number of rotatable bonds is 3. The minimum Gasteiger partial charge on any atom is -0.396 e. The average Bonchev–Trinajstić information content (AvgIpc) is 2.03. The van der Waals surface area contributed by atoms with Gasteiger partial charge in [0.1, 0.15) is 5.71 Å². The molecule has 0 aromatic carbocycles. The van der Waals surface area contributed by atoms with Crippen molar-refractivity contribution in [2.24, 2.45) is 16.6 Å². The minimum absolute atomic E-state index is 0.0444. The summed E-state index contributed by atoms with van der Waals surface area (Å²) in [4.78, 5) is 13.9. The second-order valence-electron chi connectivity index (χ2n) is 3.02. The fourth-order valence-electron chi connectivity index (χ4n) is 0.826. The monoisotopic (exact) mass is 185 g/mol. The predicted octanol–water partition coefficient (Wildman–Crippen LogP) is 1.18. The molecule has 0 rings (SSSR count). The molecule has 0 aliphatic rings. The molecule has 0 saturated carbocycles. The molecule has 74 valence electrons. The van der Waals surface area contributed by atoms with Crippen LogP contribution in [0.3, 0.4) is 0 Å². The van der Waals surface area contributed by atoms with Gasteiger partial charge in [0.05, 0.1) is 10.6 Å². The zero-order valence-electron chi connectivity index (χ0n) is 8.37. The largest absolute Gasteiger partial charge is 0.396 e. The van der Waals surface area contributed by atoms with Crippen molar-refractivity contribution >= 4 is 5.71 Å². The van der Waals surface area contributed by atoms with Gasteiger partial charge in [-0.25, -0.2) is 0 Å². The van der Waals surface area contributed by atoms with Crippen LogP contribution in [0.25, 0.3) is 0 Å². The molecule has 5 nitrogen and oxygen atoms in total. The van der Waals surface area contributed by atoms with E-state index in [0.29, 0.717) is 5.71 Å². The van der Waals surface area contributed by atoms with E-state index in [9.17, 15) is 10.1 Å². The maximum Gasteiger partial charge on any atom is 0.308 e. The van der Waals surface area contributed by atoms with E-state index in [4.69, 9.17) is 5.73 Å². The predicted molar refractivity (Wildman–Crippen MR) is 52.1 cm³/mol. The smallest absolute Gasteiger partial charge is 0.308 e. The number of nitrogens with two attached hydrogens (primary N) is 1. The van der Waals surface area contributed by atoms with Crippen molar-refractivity contribution in [3.05, 3.63) is 21.5 Å². The highest BCUT2D eigenvalue weighted by Gasteiger charge is 2.21. The molecule has 0 aromatic heterocycles. The topological polar surface area (TPSA) is 81.5 Å². The summed E-state index contributed by atoms with van der Waals surface area (Å²) in [7, 11) is 1.51. The first-order chi connectivity index (χ1) is 5.91. The molecule has 0 aliphatic heterocycles. The Hall–Kier alpha value is -1.39. The van der Waals surface area contributed by atoms with Gasteiger partial charge in [0, 0.05) is 7.05 Å². The molecule has 0 aliphatic carbocycles. The molecular weight excluding hydrogens is 170 g/mol. The van der Waals surface area contributed by atoms with Crippen molar-refractivity contribution in [1.29, 1.82) is 0 Å². The Morgan fingerprint density at radius 3 is 2.23 bits per heavy atom. The van der Waals surface area contributed by atoms with Crippen LogP contribution in [0, 0.1) is 16.0 Å². The third-order valence-electron chi connectivity index (χ3n) is 1.76.